The molecule has 13 heteroatoms. The molecule has 2 saturated heterocycles. The molecular formula is C40H51N9O4. The van der Waals surface area contributed by atoms with Crippen molar-refractivity contribution >= 4 is 34.3 Å². The van der Waals surface area contributed by atoms with Crippen LogP contribution in [0.3, 0.4) is 0 Å². The number of rotatable bonds is 11. The third-order valence-electron chi connectivity index (χ3n) is 12.2. The second-order valence-corrected chi connectivity index (χ2v) is 15.3. The van der Waals surface area contributed by atoms with Crippen molar-refractivity contribution in [1.29, 1.82) is 0 Å². The lowest BCUT2D eigenvalue weighted by Gasteiger charge is -2.56. The molecule has 4 aliphatic rings. The Morgan fingerprint density at radius 1 is 1.02 bits per heavy atom. The molecule has 1 atom stereocenters. The van der Waals surface area contributed by atoms with Gasteiger partial charge in [0.2, 0.25) is 5.95 Å². The third-order valence-corrected chi connectivity index (χ3v) is 12.2. The number of fused-ring (bicyclic) bond motifs is 2. The second-order valence-electron chi connectivity index (χ2n) is 15.3. The number of hydrogen-bond donors (Lipinski definition) is 2. The van der Waals surface area contributed by atoms with Crippen LogP contribution in [0, 0.1) is 5.41 Å². The van der Waals surface area contributed by atoms with Crippen molar-refractivity contribution in [3.63, 3.8) is 0 Å². The molecule has 0 unspecified atom stereocenters. The molecule has 8 rings (SSSR count). The van der Waals surface area contributed by atoms with E-state index in [2.05, 4.69) is 43.7 Å². The highest BCUT2D eigenvalue weighted by Crippen LogP contribution is 2.51. The zero-order valence-electron chi connectivity index (χ0n) is 31.0. The van der Waals surface area contributed by atoms with E-state index in [1.165, 1.54) is 31.4 Å². The maximum absolute atomic E-state index is 13.5. The number of piperidine rings is 1. The van der Waals surface area contributed by atoms with E-state index in [9.17, 15) is 14.7 Å². The zero-order valence-corrected chi connectivity index (χ0v) is 31.0. The van der Waals surface area contributed by atoms with Crippen molar-refractivity contribution in [2.45, 2.75) is 77.0 Å². The van der Waals surface area contributed by atoms with Crippen molar-refractivity contribution in [2.75, 3.05) is 62.6 Å². The van der Waals surface area contributed by atoms with Crippen LogP contribution in [-0.2, 0) is 28.1 Å². The average Bonchev–Trinajstić information content (AvgIpc) is 3.64. The summed E-state index contributed by atoms with van der Waals surface area (Å²) in [4.78, 5) is 47.0. The Bertz CT molecular complexity index is 2040. The molecule has 2 N–H and O–H groups in total. The van der Waals surface area contributed by atoms with Crippen molar-refractivity contribution in [1.82, 2.24) is 34.1 Å². The number of benzene rings is 1. The predicted octanol–water partition coefficient (Wildman–Crippen LogP) is 4.38. The summed E-state index contributed by atoms with van der Waals surface area (Å²) in [6.07, 6.45) is 10.1. The molecule has 3 fully saturated rings. The molecule has 1 saturated carbocycles. The molecule has 1 spiro atoms. The normalized spacial score (nSPS) is 21.8. The highest BCUT2D eigenvalue weighted by molar-refractivity contribution is 5.77. The van der Waals surface area contributed by atoms with Gasteiger partial charge in [0, 0.05) is 49.8 Å². The molecule has 5 heterocycles. The number of aryl methyl sites for hydroxylation is 1. The first kappa shape index (κ1) is 35.4. The Kier molecular flexibility index (Phi) is 9.58. The Morgan fingerprint density at radius 2 is 1.77 bits per heavy atom. The molecule has 3 aromatic heterocycles. The third kappa shape index (κ3) is 6.74. The second kappa shape index (κ2) is 14.3. The van der Waals surface area contributed by atoms with Crippen LogP contribution in [-0.4, -0.2) is 104 Å². The quantitative estimate of drug-likeness (QED) is 0.169. The number of carbonyl (C=O) groups is 1. The summed E-state index contributed by atoms with van der Waals surface area (Å²) in [5, 5.41) is 15.0. The first-order valence-corrected chi connectivity index (χ1v) is 19.3. The summed E-state index contributed by atoms with van der Waals surface area (Å²) in [6, 6.07) is 12.9. The zero-order chi connectivity index (χ0) is 36.7. The molecule has 13 nitrogen and oxygen atoms in total. The Labute approximate surface area is 310 Å². The minimum Gasteiger partial charge on any atom is -0.465 e. The number of esters is 1. The number of nitrogens with one attached hydrogen (secondary N) is 1. The van der Waals surface area contributed by atoms with Gasteiger partial charge in [-0.05, 0) is 106 Å². The summed E-state index contributed by atoms with van der Waals surface area (Å²) in [6.45, 7) is 14.9. The van der Waals surface area contributed by atoms with E-state index in [0.717, 1.165) is 56.9 Å². The number of aliphatic hydroxyl groups is 1. The van der Waals surface area contributed by atoms with Gasteiger partial charge >= 0.3 is 5.97 Å². The van der Waals surface area contributed by atoms with Gasteiger partial charge in [0.25, 0.3) is 5.56 Å². The van der Waals surface area contributed by atoms with Gasteiger partial charge in [0.15, 0.2) is 11.5 Å². The maximum atomic E-state index is 13.5. The smallest absolute Gasteiger partial charge is 0.320 e. The van der Waals surface area contributed by atoms with Crippen LogP contribution < -0.4 is 15.8 Å². The van der Waals surface area contributed by atoms with Gasteiger partial charge in [-0.1, -0.05) is 19.1 Å². The highest BCUT2D eigenvalue weighted by atomic mass is 16.5. The number of pyridine rings is 1. The lowest BCUT2D eigenvalue weighted by Crippen LogP contribution is -2.59. The van der Waals surface area contributed by atoms with Gasteiger partial charge in [-0.25, -0.2) is 19.3 Å². The molecule has 1 aromatic carbocycles. The lowest BCUT2D eigenvalue weighted by atomic mass is 9.60. The summed E-state index contributed by atoms with van der Waals surface area (Å²) >= 11 is 0. The van der Waals surface area contributed by atoms with E-state index >= 15 is 0 Å². The van der Waals surface area contributed by atoms with Gasteiger partial charge in [0.05, 0.1) is 25.4 Å². The van der Waals surface area contributed by atoms with E-state index in [1.54, 1.807) is 21.6 Å². The van der Waals surface area contributed by atoms with Crippen LogP contribution in [0.1, 0.15) is 63.6 Å². The molecule has 0 bridgehead atoms. The van der Waals surface area contributed by atoms with Gasteiger partial charge in [-0.2, -0.15) is 4.98 Å². The first-order chi connectivity index (χ1) is 25.7. The van der Waals surface area contributed by atoms with Gasteiger partial charge in [-0.15, -0.1) is 6.58 Å². The number of ether oxygens (including phenoxy) is 1. The van der Waals surface area contributed by atoms with Crippen LogP contribution in [0.2, 0.25) is 0 Å². The number of nitrogens with zero attached hydrogens (tertiary/aromatic N) is 8. The lowest BCUT2D eigenvalue weighted by molar-refractivity contribution is -0.145. The number of allylic oxidation sites excluding steroid dienone is 1. The van der Waals surface area contributed by atoms with E-state index in [4.69, 9.17) is 14.7 Å². The molecule has 4 aromatic rings. The van der Waals surface area contributed by atoms with E-state index in [0.29, 0.717) is 65.9 Å². The Morgan fingerprint density at radius 3 is 2.47 bits per heavy atom. The molecule has 0 radical (unpaired) electrons. The fourth-order valence-corrected chi connectivity index (χ4v) is 9.02. The maximum Gasteiger partial charge on any atom is 0.320 e. The number of aromatic nitrogens is 5. The predicted molar refractivity (Wildman–Crippen MR) is 205 cm³/mol. The summed E-state index contributed by atoms with van der Waals surface area (Å²) in [5.41, 5.74) is 3.43. The summed E-state index contributed by atoms with van der Waals surface area (Å²) in [5.74, 6) is 0.786. The van der Waals surface area contributed by atoms with Crippen LogP contribution in [0.5, 0.6) is 0 Å². The fraction of sp³-hybridized carbons (Fsp3) is 0.525. The topological polar surface area (TPSA) is 134 Å². The minimum absolute atomic E-state index is 0.106. The Balaban J connectivity index is 0.900. The first-order valence-electron chi connectivity index (χ1n) is 19.3. The monoisotopic (exact) mass is 721 g/mol. The molecular weight excluding hydrogens is 670 g/mol. The fourth-order valence-electron chi connectivity index (χ4n) is 9.02. The largest absolute Gasteiger partial charge is 0.465 e. The van der Waals surface area contributed by atoms with Crippen molar-refractivity contribution in [2.24, 2.45) is 5.41 Å². The van der Waals surface area contributed by atoms with E-state index < -0.39 is 5.60 Å². The molecule has 2 aliphatic heterocycles. The van der Waals surface area contributed by atoms with E-state index in [-0.39, 0.29) is 18.1 Å². The molecule has 0 amide bonds. The minimum atomic E-state index is -0.980. The average molecular weight is 722 g/mol. The SMILES string of the molecule is C=CCn1c(=O)c2cnc(Nc3ccc(N4CCN(C5CC6(CCN(CC(=O)OCC)CC6)C5)CC4)cc3)nc2n1-c1ccc2c(n1)[C@@](O)(CC)CC2. The standard InChI is InChI=1S/C40H51N9O4/c1-4-17-48-37(51)32-26-41-38(44-36(32)49(48)33-12-7-28-13-14-40(52,5-2)35(28)43-33)42-29-8-10-30(11-9-29)46-20-22-47(23-21-46)31-24-39(25-31)15-18-45(19-16-39)27-34(50)53-6-3/h4,7-12,26,31,52H,1,5-6,13-25,27H2,2-3H3,(H,41,42,44)/t40-/m1/s1. The van der Waals surface area contributed by atoms with Crippen LogP contribution in [0.25, 0.3) is 16.9 Å². The van der Waals surface area contributed by atoms with Crippen molar-refractivity contribution < 1.29 is 14.6 Å². The molecule has 53 heavy (non-hydrogen) atoms. The van der Waals surface area contributed by atoms with Gasteiger partial charge in [0.1, 0.15) is 11.0 Å². The van der Waals surface area contributed by atoms with Crippen LogP contribution in [0.4, 0.5) is 17.3 Å². The Hall–Kier alpha value is -4.59. The van der Waals surface area contributed by atoms with E-state index in [1.807, 2.05) is 38.1 Å². The number of carbonyl (C=O) groups excluding carboxylic acids is 1. The number of hydrogen-bond acceptors (Lipinski definition) is 11. The van der Waals surface area contributed by atoms with Crippen molar-refractivity contribution in [3.8, 4) is 5.82 Å². The van der Waals surface area contributed by atoms with Crippen LogP contribution in [0.15, 0.2) is 60.0 Å². The number of piperazine rings is 1. The van der Waals surface area contributed by atoms with Crippen molar-refractivity contribution in [3.05, 3.63) is 76.9 Å². The molecule has 2 aliphatic carbocycles. The van der Waals surface area contributed by atoms with Crippen LogP contribution >= 0.6 is 0 Å². The summed E-state index contributed by atoms with van der Waals surface area (Å²) < 4.78 is 8.41. The van der Waals surface area contributed by atoms with Gasteiger partial charge in [-0.3, -0.25) is 19.4 Å². The summed E-state index contributed by atoms with van der Waals surface area (Å²) in [7, 11) is 0. The number of likely N-dealkylation sites (tertiary alicyclic amines) is 1. The number of anilines is 3. The van der Waals surface area contributed by atoms with Gasteiger partial charge < -0.3 is 20.1 Å². The molecule has 280 valence electrons. The highest BCUT2D eigenvalue weighted by Gasteiger charge is 2.48.